The zero-order valence-corrected chi connectivity index (χ0v) is 12.7. The van der Waals surface area contributed by atoms with E-state index < -0.39 is 0 Å². The van der Waals surface area contributed by atoms with Gasteiger partial charge < -0.3 is 15.4 Å². The molecule has 3 rings (SSSR count). The molecule has 0 radical (unpaired) electrons. The molecule has 2 saturated heterocycles. The molecule has 1 unspecified atom stereocenters. The average Bonchev–Trinajstić information content (AvgIpc) is 3.18. The van der Waals surface area contributed by atoms with E-state index in [1.807, 2.05) is 31.2 Å². The standard InChI is InChI=1S/C16H21N3O3/c1-11(18-15(20)14-3-2-10-22-14)12-4-6-13(7-5-12)19-9-8-17-16(19)21/h4-7,11,14H,2-3,8-10H2,1H3,(H,17,21)(H,18,20)/t11?,14-/m1/s1. The lowest BCUT2D eigenvalue weighted by molar-refractivity contribution is -0.130. The van der Waals surface area contributed by atoms with Gasteiger partial charge in [0.05, 0.1) is 6.04 Å². The van der Waals surface area contributed by atoms with E-state index >= 15 is 0 Å². The van der Waals surface area contributed by atoms with E-state index in [-0.39, 0.29) is 24.1 Å². The minimum Gasteiger partial charge on any atom is -0.368 e. The van der Waals surface area contributed by atoms with Gasteiger partial charge in [0, 0.05) is 25.4 Å². The summed E-state index contributed by atoms with van der Waals surface area (Å²) >= 11 is 0. The summed E-state index contributed by atoms with van der Waals surface area (Å²) in [4.78, 5) is 25.4. The summed E-state index contributed by atoms with van der Waals surface area (Å²) in [7, 11) is 0. The lowest BCUT2D eigenvalue weighted by Crippen LogP contribution is -2.35. The molecular formula is C16H21N3O3. The second-order valence-electron chi connectivity index (χ2n) is 5.71. The van der Waals surface area contributed by atoms with Gasteiger partial charge in [-0.1, -0.05) is 12.1 Å². The first kappa shape index (κ1) is 14.8. The molecule has 118 valence electrons. The van der Waals surface area contributed by atoms with Gasteiger partial charge in [-0.15, -0.1) is 0 Å². The molecule has 0 bridgehead atoms. The highest BCUT2D eigenvalue weighted by Gasteiger charge is 2.25. The van der Waals surface area contributed by atoms with Gasteiger partial charge in [0.25, 0.3) is 0 Å². The first-order chi connectivity index (χ1) is 10.6. The van der Waals surface area contributed by atoms with Crippen LogP contribution in [-0.4, -0.2) is 37.7 Å². The van der Waals surface area contributed by atoms with E-state index in [1.54, 1.807) is 4.90 Å². The van der Waals surface area contributed by atoms with Crippen LogP contribution in [0.5, 0.6) is 0 Å². The van der Waals surface area contributed by atoms with Crippen LogP contribution in [0.15, 0.2) is 24.3 Å². The van der Waals surface area contributed by atoms with E-state index in [2.05, 4.69) is 10.6 Å². The van der Waals surface area contributed by atoms with E-state index in [9.17, 15) is 9.59 Å². The van der Waals surface area contributed by atoms with Gasteiger partial charge in [-0.05, 0) is 37.5 Å². The Morgan fingerprint density at radius 1 is 1.41 bits per heavy atom. The number of hydrogen-bond donors (Lipinski definition) is 2. The van der Waals surface area contributed by atoms with Crippen LogP contribution in [0.4, 0.5) is 10.5 Å². The van der Waals surface area contributed by atoms with E-state index in [0.29, 0.717) is 19.7 Å². The molecule has 2 fully saturated rings. The lowest BCUT2D eigenvalue weighted by Gasteiger charge is -2.19. The van der Waals surface area contributed by atoms with Crippen molar-refractivity contribution < 1.29 is 14.3 Å². The number of nitrogens with zero attached hydrogens (tertiary/aromatic N) is 1. The van der Waals surface area contributed by atoms with Gasteiger partial charge in [-0.25, -0.2) is 4.79 Å². The molecule has 2 aliphatic heterocycles. The number of nitrogens with one attached hydrogen (secondary N) is 2. The Hall–Kier alpha value is -2.08. The molecule has 2 N–H and O–H groups in total. The maximum Gasteiger partial charge on any atom is 0.321 e. The summed E-state index contributed by atoms with van der Waals surface area (Å²) in [5.41, 5.74) is 1.88. The Kier molecular flexibility index (Phi) is 4.29. The maximum atomic E-state index is 12.1. The smallest absolute Gasteiger partial charge is 0.321 e. The molecule has 2 aliphatic rings. The number of ether oxygens (including phenoxy) is 1. The predicted molar refractivity (Wildman–Crippen MR) is 82.7 cm³/mol. The first-order valence-electron chi connectivity index (χ1n) is 7.72. The van der Waals surface area contributed by atoms with Crippen LogP contribution in [0.25, 0.3) is 0 Å². The van der Waals surface area contributed by atoms with Crippen LogP contribution in [0.2, 0.25) is 0 Å². The number of anilines is 1. The van der Waals surface area contributed by atoms with Crippen molar-refractivity contribution in [3.63, 3.8) is 0 Å². The Balaban J connectivity index is 1.61. The van der Waals surface area contributed by atoms with Gasteiger partial charge in [-0.3, -0.25) is 9.69 Å². The molecule has 22 heavy (non-hydrogen) atoms. The number of amides is 3. The summed E-state index contributed by atoms with van der Waals surface area (Å²) in [5.74, 6) is -0.0482. The Bertz CT molecular complexity index is 552. The minimum atomic E-state index is -0.310. The molecule has 0 spiro atoms. The van der Waals surface area contributed by atoms with E-state index in [0.717, 1.165) is 24.1 Å². The van der Waals surface area contributed by atoms with Crippen LogP contribution in [0.3, 0.4) is 0 Å². The number of rotatable bonds is 4. The van der Waals surface area contributed by atoms with Crippen LogP contribution in [0.1, 0.15) is 31.4 Å². The molecule has 3 amide bonds. The fourth-order valence-corrected chi connectivity index (χ4v) is 2.84. The van der Waals surface area contributed by atoms with Gasteiger partial charge in [0.1, 0.15) is 6.10 Å². The molecule has 1 aromatic carbocycles. The Morgan fingerprint density at radius 3 is 2.77 bits per heavy atom. The second kappa shape index (κ2) is 6.36. The fourth-order valence-electron chi connectivity index (χ4n) is 2.84. The van der Waals surface area contributed by atoms with Crippen LogP contribution >= 0.6 is 0 Å². The summed E-state index contributed by atoms with van der Waals surface area (Å²) in [5, 5.41) is 5.76. The normalized spacial score (nSPS) is 22.5. The number of hydrogen-bond acceptors (Lipinski definition) is 3. The van der Waals surface area contributed by atoms with E-state index in [4.69, 9.17) is 4.74 Å². The van der Waals surface area contributed by atoms with Gasteiger partial charge in [0.15, 0.2) is 0 Å². The summed E-state index contributed by atoms with van der Waals surface area (Å²) in [6.45, 7) is 3.97. The molecule has 6 heteroatoms. The van der Waals surface area contributed by atoms with Gasteiger partial charge in [-0.2, -0.15) is 0 Å². The quantitative estimate of drug-likeness (QED) is 0.887. The molecule has 0 aromatic heterocycles. The van der Waals surface area contributed by atoms with Crippen LogP contribution in [-0.2, 0) is 9.53 Å². The summed E-state index contributed by atoms with van der Waals surface area (Å²) in [6, 6.07) is 7.57. The van der Waals surface area contributed by atoms with Crippen molar-refractivity contribution in [2.24, 2.45) is 0 Å². The van der Waals surface area contributed by atoms with Crippen molar-refractivity contribution >= 4 is 17.6 Å². The van der Waals surface area contributed by atoms with Crippen molar-refractivity contribution in [3.05, 3.63) is 29.8 Å². The molecule has 1 aromatic rings. The molecule has 2 atom stereocenters. The molecule has 2 heterocycles. The fraction of sp³-hybridized carbons (Fsp3) is 0.500. The van der Waals surface area contributed by atoms with Crippen LogP contribution in [0, 0.1) is 0 Å². The average molecular weight is 303 g/mol. The topological polar surface area (TPSA) is 70.7 Å². The van der Waals surface area contributed by atoms with Crippen molar-refractivity contribution in [1.29, 1.82) is 0 Å². The number of carbonyl (C=O) groups is 2. The number of carbonyl (C=O) groups excluding carboxylic acids is 2. The van der Waals surface area contributed by atoms with Gasteiger partial charge >= 0.3 is 6.03 Å². The Labute approximate surface area is 129 Å². The van der Waals surface area contributed by atoms with Crippen molar-refractivity contribution in [3.8, 4) is 0 Å². The highest BCUT2D eigenvalue weighted by Crippen LogP contribution is 2.21. The summed E-state index contributed by atoms with van der Waals surface area (Å²) < 4.78 is 5.39. The third kappa shape index (κ3) is 3.06. The second-order valence-corrected chi connectivity index (χ2v) is 5.71. The third-order valence-electron chi connectivity index (χ3n) is 4.14. The highest BCUT2D eigenvalue weighted by molar-refractivity contribution is 5.94. The van der Waals surface area contributed by atoms with Gasteiger partial charge in [0.2, 0.25) is 5.91 Å². The largest absolute Gasteiger partial charge is 0.368 e. The Morgan fingerprint density at radius 2 is 2.18 bits per heavy atom. The SMILES string of the molecule is CC(NC(=O)[C@H]1CCCO1)c1ccc(N2CCNC2=O)cc1. The molecule has 0 aliphatic carbocycles. The maximum absolute atomic E-state index is 12.1. The van der Waals surface area contributed by atoms with Crippen LogP contribution < -0.4 is 15.5 Å². The zero-order valence-electron chi connectivity index (χ0n) is 12.7. The first-order valence-corrected chi connectivity index (χ1v) is 7.72. The van der Waals surface area contributed by atoms with E-state index in [1.165, 1.54) is 0 Å². The summed E-state index contributed by atoms with van der Waals surface area (Å²) in [6.07, 6.45) is 1.43. The predicted octanol–water partition coefficient (Wildman–Crippen LogP) is 1.57. The number of benzene rings is 1. The molecule has 0 saturated carbocycles. The molecular weight excluding hydrogens is 282 g/mol. The molecule has 6 nitrogen and oxygen atoms in total. The van der Waals surface area contributed by atoms with Crippen molar-refractivity contribution in [2.45, 2.75) is 31.9 Å². The number of urea groups is 1. The van der Waals surface area contributed by atoms with Crippen molar-refractivity contribution in [1.82, 2.24) is 10.6 Å². The van der Waals surface area contributed by atoms with Crippen molar-refractivity contribution in [2.75, 3.05) is 24.6 Å². The third-order valence-corrected chi connectivity index (χ3v) is 4.14. The lowest BCUT2D eigenvalue weighted by atomic mass is 10.1. The highest BCUT2D eigenvalue weighted by atomic mass is 16.5. The monoisotopic (exact) mass is 303 g/mol. The minimum absolute atomic E-state index is 0.0482. The zero-order chi connectivity index (χ0) is 15.5.